The molecule has 1 aliphatic carbocycles. The molecule has 5 heteroatoms. The summed E-state index contributed by atoms with van der Waals surface area (Å²) in [4.78, 5) is 24.3. The minimum Gasteiger partial charge on any atom is -0.494 e. The number of unbranched alkanes of at least 4 members (excludes halogenated alkanes) is 2. The summed E-state index contributed by atoms with van der Waals surface area (Å²) >= 11 is 0. The lowest BCUT2D eigenvalue weighted by atomic mass is 9.91. The molecule has 144 valence electrons. The number of nitrogens with two attached hydrogens (primary N) is 1. The Labute approximate surface area is 156 Å². The van der Waals surface area contributed by atoms with Crippen LogP contribution >= 0.6 is 0 Å². The highest BCUT2D eigenvalue weighted by Gasteiger charge is 2.20. The average Bonchev–Trinajstić information content (AvgIpc) is 2.66. The first kappa shape index (κ1) is 20.4. The molecule has 1 aliphatic rings. The molecule has 0 aliphatic heterocycles. The number of ketones is 1. The zero-order valence-electron chi connectivity index (χ0n) is 15.8. The van der Waals surface area contributed by atoms with Crippen LogP contribution < -0.4 is 15.8 Å². The number of Topliss-reactive ketones (excluding diaryl/α,β-unsaturated/α-hetero) is 1. The van der Waals surface area contributed by atoms with Crippen LogP contribution in [0.4, 0.5) is 0 Å². The van der Waals surface area contributed by atoms with Gasteiger partial charge in [-0.2, -0.15) is 0 Å². The average molecular weight is 360 g/mol. The standard InChI is InChI=1S/C21H32N2O3/c1-2-3-4-15-26-19-11-5-16(6-12-19)20(24)13-14-21(25)23-18-9-7-17(22)8-10-18/h5-6,11-12,17-18H,2-4,7-10,13-15,22H2,1H3,(H,23,25). The molecule has 5 nitrogen and oxygen atoms in total. The maximum absolute atomic E-state index is 12.3. The minimum atomic E-state index is -0.0466. The van der Waals surface area contributed by atoms with E-state index >= 15 is 0 Å². The highest BCUT2D eigenvalue weighted by atomic mass is 16.5. The molecule has 0 spiro atoms. The fraction of sp³-hybridized carbons (Fsp3) is 0.619. The van der Waals surface area contributed by atoms with E-state index in [1.54, 1.807) is 12.1 Å². The van der Waals surface area contributed by atoms with Crippen LogP contribution in [0.5, 0.6) is 5.75 Å². The third-order valence-corrected chi connectivity index (χ3v) is 4.91. The van der Waals surface area contributed by atoms with Gasteiger partial charge in [0.25, 0.3) is 0 Å². The van der Waals surface area contributed by atoms with E-state index in [1.807, 2.05) is 12.1 Å². The van der Waals surface area contributed by atoms with Crippen molar-refractivity contribution in [2.45, 2.75) is 76.8 Å². The summed E-state index contributed by atoms with van der Waals surface area (Å²) in [5.41, 5.74) is 6.50. The summed E-state index contributed by atoms with van der Waals surface area (Å²) in [7, 11) is 0. The summed E-state index contributed by atoms with van der Waals surface area (Å²) in [5.74, 6) is 0.726. The molecule has 1 fully saturated rings. The van der Waals surface area contributed by atoms with E-state index in [1.165, 1.54) is 6.42 Å². The minimum absolute atomic E-state index is 0.0108. The van der Waals surface area contributed by atoms with Gasteiger partial charge in [0, 0.05) is 30.5 Å². The van der Waals surface area contributed by atoms with Crippen molar-refractivity contribution >= 4 is 11.7 Å². The molecule has 0 radical (unpaired) electrons. The Morgan fingerprint density at radius 2 is 1.77 bits per heavy atom. The van der Waals surface area contributed by atoms with E-state index in [-0.39, 0.29) is 36.6 Å². The molecule has 3 N–H and O–H groups in total. The number of amides is 1. The van der Waals surface area contributed by atoms with Gasteiger partial charge in [-0.1, -0.05) is 19.8 Å². The molecule has 1 saturated carbocycles. The molecule has 0 heterocycles. The first-order chi connectivity index (χ1) is 12.6. The molecule has 0 unspecified atom stereocenters. The molecular formula is C21H32N2O3. The maximum Gasteiger partial charge on any atom is 0.220 e. The lowest BCUT2D eigenvalue weighted by Gasteiger charge is -2.26. The predicted molar refractivity (Wildman–Crippen MR) is 103 cm³/mol. The highest BCUT2D eigenvalue weighted by Crippen LogP contribution is 2.18. The number of ether oxygens (including phenoxy) is 1. The van der Waals surface area contributed by atoms with Crippen LogP contribution in [0.25, 0.3) is 0 Å². The summed E-state index contributed by atoms with van der Waals surface area (Å²) in [5, 5.41) is 3.02. The molecule has 26 heavy (non-hydrogen) atoms. The van der Waals surface area contributed by atoms with Crippen LogP contribution in [0, 0.1) is 0 Å². The normalized spacial score (nSPS) is 19.8. The third-order valence-electron chi connectivity index (χ3n) is 4.91. The molecule has 0 saturated heterocycles. The van der Waals surface area contributed by atoms with Gasteiger partial charge < -0.3 is 15.8 Å². The van der Waals surface area contributed by atoms with Gasteiger partial charge in [0.15, 0.2) is 5.78 Å². The van der Waals surface area contributed by atoms with E-state index < -0.39 is 0 Å². The molecule has 1 aromatic carbocycles. The number of hydrogen-bond donors (Lipinski definition) is 2. The van der Waals surface area contributed by atoms with Crippen molar-refractivity contribution in [1.29, 1.82) is 0 Å². The van der Waals surface area contributed by atoms with Crippen molar-refractivity contribution in [3.05, 3.63) is 29.8 Å². The van der Waals surface area contributed by atoms with E-state index in [0.29, 0.717) is 12.2 Å². The molecular weight excluding hydrogens is 328 g/mol. The van der Waals surface area contributed by atoms with Crippen LogP contribution in [-0.2, 0) is 4.79 Å². The zero-order valence-corrected chi connectivity index (χ0v) is 15.8. The number of hydrogen-bond acceptors (Lipinski definition) is 4. The van der Waals surface area contributed by atoms with Crippen LogP contribution in [0.1, 0.15) is 75.1 Å². The van der Waals surface area contributed by atoms with Gasteiger partial charge in [0.1, 0.15) is 5.75 Å². The number of carbonyl (C=O) groups is 2. The fourth-order valence-electron chi connectivity index (χ4n) is 3.21. The van der Waals surface area contributed by atoms with E-state index in [9.17, 15) is 9.59 Å². The quantitative estimate of drug-likeness (QED) is 0.493. The van der Waals surface area contributed by atoms with Gasteiger partial charge in [-0.25, -0.2) is 0 Å². The molecule has 1 amide bonds. The van der Waals surface area contributed by atoms with Crippen molar-refractivity contribution in [1.82, 2.24) is 5.32 Å². The summed E-state index contributed by atoms with van der Waals surface area (Å²) in [6.45, 7) is 2.86. The second-order valence-electron chi connectivity index (χ2n) is 7.18. The van der Waals surface area contributed by atoms with Crippen molar-refractivity contribution in [2.75, 3.05) is 6.61 Å². The van der Waals surface area contributed by atoms with Crippen molar-refractivity contribution in [3.8, 4) is 5.75 Å². The smallest absolute Gasteiger partial charge is 0.220 e. The monoisotopic (exact) mass is 360 g/mol. The first-order valence-electron chi connectivity index (χ1n) is 9.89. The van der Waals surface area contributed by atoms with E-state index in [2.05, 4.69) is 12.2 Å². The second kappa shape index (κ2) is 11.0. The topological polar surface area (TPSA) is 81.4 Å². The summed E-state index contributed by atoms with van der Waals surface area (Å²) in [6.07, 6.45) is 7.60. The van der Waals surface area contributed by atoms with Crippen molar-refractivity contribution < 1.29 is 14.3 Å². The van der Waals surface area contributed by atoms with Crippen LogP contribution in [0.3, 0.4) is 0 Å². The van der Waals surface area contributed by atoms with Gasteiger partial charge in [-0.05, 0) is 56.4 Å². The highest BCUT2D eigenvalue weighted by molar-refractivity contribution is 5.98. The second-order valence-corrected chi connectivity index (χ2v) is 7.18. The molecule has 1 aromatic rings. The zero-order chi connectivity index (χ0) is 18.8. The molecule has 0 bridgehead atoms. The van der Waals surface area contributed by atoms with Crippen molar-refractivity contribution in [3.63, 3.8) is 0 Å². The number of carbonyl (C=O) groups excluding carboxylic acids is 2. The Morgan fingerprint density at radius 3 is 2.42 bits per heavy atom. The number of benzene rings is 1. The van der Waals surface area contributed by atoms with Gasteiger partial charge in [-0.15, -0.1) is 0 Å². The summed E-state index contributed by atoms with van der Waals surface area (Å²) in [6, 6.07) is 7.68. The van der Waals surface area contributed by atoms with Crippen molar-refractivity contribution in [2.24, 2.45) is 5.73 Å². The maximum atomic E-state index is 12.3. The van der Waals surface area contributed by atoms with Gasteiger partial charge in [0.05, 0.1) is 6.61 Å². The first-order valence-corrected chi connectivity index (χ1v) is 9.89. The fourth-order valence-corrected chi connectivity index (χ4v) is 3.21. The van der Waals surface area contributed by atoms with Crippen LogP contribution in [0.2, 0.25) is 0 Å². The van der Waals surface area contributed by atoms with Gasteiger partial charge in [0.2, 0.25) is 5.91 Å². The molecule has 0 atom stereocenters. The third kappa shape index (κ3) is 7.16. The Balaban J connectivity index is 1.69. The van der Waals surface area contributed by atoms with E-state index in [0.717, 1.165) is 44.3 Å². The number of nitrogens with one attached hydrogen (secondary N) is 1. The van der Waals surface area contributed by atoms with Crippen LogP contribution in [0.15, 0.2) is 24.3 Å². The Kier molecular flexibility index (Phi) is 8.62. The van der Waals surface area contributed by atoms with Gasteiger partial charge >= 0.3 is 0 Å². The lowest BCUT2D eigenvalue weighted by molar-refractivity contribution is -0.122. The van der Waals surface area contributed by atoms with E-state index in [4.69, 9.17) is 10.5 Å². The lowest BCUT2D eigenvalue weighted by Crippen LogP contribution is -2.40. The molecule has 0 aromatic heterocycles. The van der Waals surface area contributed by atoms with Gasteiger partial charge in [-0.3, -0.25) is 9.59 Å². The predicted octanol–water partition coefficient (Wildman–Crippen LogP) is 3.60. The Hall–Kier alpha value is -1.88. The molecule has 2 rings (SSSR count). The Bertz CT molecular complexity index is 563. The SMILES string of the molecule is CCCCCOc1ccc(C(=O)CCC(=O)NC2CCC(N)CC2)cc1. The van der Waals surface area contributed by atoms with Crippen LogP contribution in [-0.4, -0.2) is 30.4 Å². The number of rotatable bonds is 10. The largest absolute Gasteiger partial charge is 0.494 e. The Morgan fingerprint density at radius 1 is 1.08 bits per heavy atom. The summed E-state index contributed by atoms with van der Waals surface area (Å²) < 4.78 is 5.65.